The van der Waals surface area contributed by atoms with Gasteiger partial charge in [0.05, 0.1) is 32.9 Å². The molecule has 0 saturated carbocycles. The Hall–Kier alpha value is -1.97. The average Bonchev–Trinajstić information content (AvgIpc) is 3.45. The monoisotopic (exact) mass is 682 g/mol. The summed E-state index contributed by atoms with van der Waals surface area (Å²) < 4.78 is 17.1. The van der Waals surface area contributed by atoms with Crippen LogP contribution in [0.15, 0.2) is 30.6 Å². The van der Waals surface area contributed by atoms with Crippen molar-refractivity contribution in [2.75, 3.05) is 13.2 Å². The number of unbranched alkanes of at least 4 members (excludes halogenated alkanes) is 28. The molecule has 4 nitrogen and oxygen atoms in total. The van der Waals surface area contributed by atoms with Crippen molar-refractivity contribution in [3.05, 3.63) is 30.6 Å². The van der Waals surface area contributed by atoms with Gasteiger partial charge in [0, 0.05) is 0 Å². The third kappa shape index (κ3) is 21.8. The van der Waals surface area contributed by atoms with E-state index in [9.17, 15) is 0 Å². The number of imidazole rings is 1. The SMILES string of the molecule is CCCCCCCCCCCCCCCCCOc1ccc(-c2n(C)cc[n+]2C)cc1OCCCCCCCCCCCCCCCCC. The lowest BCUT2D eigenvalue weighted by molar-refractivity contribution is -0.659. The second-order valence-corrected chi connectivity index (χ2v) is 15.1. The first-order chi connectivity index (χ1) is 24.2. The van der Waals surface area contributed by atoms with Gasteiger partial charge >= 0.3 is 0 Å². The maximum Gasteiger partial charge on any atom is 0.288 e. The highest BCUT2D eigenvalue weighted by Gasteiger charge is 2.17. The molecule has 0 N–H and O–H groups in total. The summed E-state index contributed by atoms with van der Waals surface area (Å²) in [6.45, 7) is 6.13. The third-order valence-electron chi connectivity index (χ3n) is 10.4. The fourth-order valence-electron chi connectivity index (χ4n) is 7.19. The molecule has 1 aromatic heterocycles. The zero-order chi connectivity index (χ0) is 35.0. The molecule has 0 amide bonds. The summed E-state index contributed by atoms with van der Waals surface area (Å²) in [5, 5.41) is 0. The Kier molecular flexibility index (Phi) is 27.2. The van der Waals surface area contributed by atoms with Gasteiger partial charge in [-0.05, 0) is 31.0 Å². The lowest BCUT2D eigenvalue weighted by Crippen LogP contribution is -2.28. The van der Waals surface area contributed by atoms with Crippen molar-refractivity contribution < 1.29 is 14.0 Å². The summed E-state index contributed by atoms with van der Waals surface area (Å²) in [7, 11) is 4.21. The van der Waals surface area contributed by atoms with Crippen molar-refractivity contribution in [1.29, 1.82) is 0 Å². The summed E-state index contributed by atoms with van der Waals surface area (Å²) in [5.74, 6) is 2.96. The molecule has 282 valence electrons. The van der Waals surface area contributed by atoms with E-state index in [4.69, 9.17) is 9.47 Å². The molecule has 0 radical (unpaired) electrons. The first kappa shape index (κ1) is 43.2. The number of rotatable bonds is 35. The van der Waals surface area contributed by atoms with Gasteiger partial charge < -0.3 is 9.47 Å². The molecular formula is C45H81N2O2+. The number of ether oxygens (including phenoxy) is 2. The highest BCUT2D eigenvalue weighted by molar-refractivity contribution is 5.59. The normalized spacial score (nSPS) is 11.4. The van der Waals surface area contributed by atoms with Gasteiger partial charge in [-0.15, -0.1) is 0 Å². The van der Waals surface area contributed by atoms with Crippen LogP contribution in [0.4, 0.5) is 0 Å². The lowest BCUT2D eigenvalue weighted by atomic mass is 10.0. The molecule has 49 heavy (non-hydrogen) atoms. The van der Waals surface area contributed by atoms with Crippen LogP contribution in [-0.2, 0) is 14.1 Å². The Morgan fingerprint density at radius 1 is 0.469 bits per heavy atom. The van der Waals surface area contributed by atoms with Crippen molar-refractivity contribution in [2.24, 2.45) is 14.1 Å². The summed E-state index contributed by atoms with van der Waals surface area (Å²) >= 11 is 0. The second-order valence-electron chi connectivity index (χ2n) is 15.1. The van der Waals surface area contributed by atoms with E-state index in [1.165, 1.54) is 191 Å². The van der Waals surface area contributed by atoms with E-state index < -0.39 is 0 Å². The van der Waals surface area contributed by atoms with Crippen LogP contribution in [0.1, 0.15) is 206 Å². The van der Waals surface area contributed by atoms with Gasteiger partial charge in [-0.3, -0.25) is 0 Å². The summed E-state index contributed by atoms with van der Waals surface area (Å²) in [4.78, 5) is 0. The van der Waals surface area contributed by atoms with Gasteiger partial charge in [0.25, 0.3) is 5.82 Å². The van der Waals surface area contributed by atoms with E-state index >= 15 is 0 Å². The minimum Gasteiger partial charge on any atom is -0.490 e. The maximum atomic E-state index is 6.40. The van der Waals surface area contributed by atoms with Crippen LogP contribution in [-0.4, -0.2) is 17.8 Å². The van der Waals surface area contributed by atoms with Crippen LogP contribution >= 0.6 is 0 Å². The largest absolute Gasteiger partial charge is 0.490 e. The molecule has 0 aliphatic carbocycles. The molecule has 0 saturated heterocycles. The molecule has 0 atom stereocenters. The van der Waals surface area contributed by atoms with E-state index in [0.29, 0.717) is 0 Å². The second kappa shape index (κ2) is 30.8. The molecule has 4 heteroatoms. The number of hydrogen-bond donors (Lipinski definition) is 0. The van der Waals surface area contributed by atoms with Crippen LogP contribution in [0.2, 0.25) is 0 Å². The van der Waals surface area contributed by atoms with Gasteiger partial charge in [-0.25, -0.2) is 9.13 Å². The number of nitrogens with zero attached hydrogens (tertiary/aromatic N) is 2. The van der Waals surface area contributed by atoms with Crippen LogP contribution < -0.4 is 14.0 Å². The Labute approximate surface area is 305 Å². The van der Waals surface area contributed by atoms with E-state index in [-0.39, 0.29) is 0 Å². The van der Waals surface area contributed by atoms with Crippen LogP contribution in [0.3, 0.4) is 0 Å². The summed E-state index contributed by atoms with van der Waals surface area (Å²) in [6, 6.07) is 6.48. The molecule has 0 bridgehead atoms. The molecule has 0 aliphatic rings. The van der Waals surface area contributed by atoms with Gasteiger partial charge in [-0.2, -0.15) is 0 Å². The van der Waals surface area contributed by atoms with Gasteiger partial charge in [0.1, 0.15) is 12.4 Å². The topological polar surface area (TPSA) is 27.3 Å². The highest BCUT2D eigenvalue weighted by atomic mass is 16.5. The average molecular weight is 682 g/mol. The molecule has 0 spiro atoms. The van der Waals surface area contributed by atoms with Crippen molar-refractivity contribution in [2.45, 2.75) is 206 Å². The van der Waals surface area contributed by atoms with E-state index in [0.717, 1.165) is 37.6 Å². The predicted molar refractivity (Wildman–Crippen MR) is 213 cm³/mol. The zero-order valence-corrected chi connectivity index (χ0v) is 33.2. The zero-order valence-electron chi connectivity index (χ0n) is 33.2. The number of aromatic nitrogens is 2. The van der Waals surface area contributed by atoms with Crippen molar-refractivity contribution in [1.82, 2.24) is 4.57 Å². The fraction of sp³-hybridized carbons (Fsp3) is 0.800. The smallest absolute Gasteiger partial charge is 0.288 e. The van der Waals surface area contributed by atoms with Crippen molar-refractivity contribution >= 4 is 0 Å². The Morgan fingerprint density at radius 3 is 1.16 bits per heavy atom. The van der Waals surface area contributed by atoms with E-state index in [1.54, 1.807) is 0 Å². The molecule has 0 unspecified atom stereocenters. The first-order valence-corrected chi connectivity index (χ1v) is 21.6. The molecule has 0 fully saturated rings. The van der Waals surface area contributed by atoms with E-state index in [2.05, 4.69) is 67.7 Å². The summed E-state index contributed by atoms with van der Waals surface area (Å²) in [6.07, 6.45) is 45.7. The maximum absolute atomic E-state index is 6.40. The lowest BCUT2D eigenvalue weighted by Gasteiger charge is -2.14. The molecule has 2 rings (SSSR count). The molecular weight excluding hydrogens is 601 g/mol. The Balaban J connectivity index is 1.59. The highest BCUT2D eigenvalue weighted by Crippen LogP contribution is 2.32. The number of aryl methyl sites for hydroxylation is 2. The predicted octanol–water partition coefficient (Wildman–Crippen LogP) is 14.0. The number of benzene rings is 1. The first-order valence-electron chi connectivity index (χ1n) is 21.6. The Bertz CT molecular complexity index is 996. The quantitative estimate of drug-likeness (QED) is 0.0535. The minimum absolute atomic E-state index is 0.760. The number of hydrogen-bond acceptors (Lipinski definition) is 2. The van der Waals surface area contributed by atoms with Crippen LogP contribution in [0.5, 0.6) is 11.5 Å². The van der Waals surface area contributed by atoms with Gasteiger partial charge in [-0.1, -0.05) is 194 Å². The van der Waals surface area contributed by atoms with Crippen LogP contribution in [0.25, 0.3) is 11.4 Å². The van der Waals surface area contributed by atoms with Gasteiger partial charge in [0.15, 0.2) is 11.5 Å². The summed E-state index contributed by atoms with van der Waals surface area (Å²) in [5.41, 5.74) is 1.17. The third-order valence-corrected chi connectivity index (χ3v) is 10.4. The molecule has 0 aliphatic heterocycles. The van der Waals surface area contributed by atoms with Crippen LogP contribution in [0, 0.1) is 0 Å². The Morgan fingerprint density at radius 2 is 0.816 bits per heavy atom. The van der Waals surface area contributed by atoms with Crippen molar-refractivity contribution in [3.8, 4) is 22.9 Å². The molecule has 2 aromatic rings. The molecule has 1 aromatic carbocycles. The minimum atomic E-state index is 0.760. The van der Waals surface area contributed by atoms with Gasteiger partial charge in [0.2, 0.25) is 0 Å². The standard InChI is InChI=1S/C45H81N2O2/c1-5-7-9-11-13-15-17-19-21-23-25-27-29-31-33-39-48-43-36-35-42(45-46(3)37-38-47(45)4)41-44(43)49-40-34-32-30-28-26-24-22-20-18-16-14-12-10-8-6-2/h35-38,41H,5-34,39-40H2,1-4H3/q+1. The molecule has 1 heterocycles. The van der Waals surface area contributed by atoms with E-state index in [1.807, 2.05) is 0 Å². The fourth-order valence-corrected chi connectivity index (χ4v) is 7.19. The van der Waals surface area contributed by atoms with Crippen molar-refractivity contribution in [3.63, 3.8) is 0 Å².